The first-order valence-corrected chi connectivity index (χ1v) is 8.68. The number of aromatic nitrogens is 1. The van der Waals surface area contributed by atoms with E-state index in [0.717, 1.165) is 16.8 Å². The molecule has 0 aliphatic rings. The Morgan fingerprint density at radius 3 is 2.77 bits per heavy atom. The molecule has 132 valence electrons. The Labute approximate surface area is 154 Å². The third-order valence-electron chi connectivity index (χ3n) is 3.41. The molecule has 2 amide bonds. The molecule has 3 rings (SSSR count). The van der Waals surface area contributed by atoms with Gasteiger partial charge in [-0.05, 0) is 36.8 Å². The van der Waals surface area contributed by atoms with Crippen molar-refractivity contribution in [1.82, 2.24) is 10.3 Å². The zero-order valence-electron chi connectivity index (χ0n) is 14.1. The van der Waals surface area contributed by atoms with Crippen LogP contribution in [0, 0.1) is 6.92 Å². The highest BCUT2D eigenvalue weighted by atomic mass is 32.1. The number of nitrogens with two attached hydrogens (primary N) is 2. The highest BCUT2D eigenvalue weighted by Gasteiger charge is 2.07. The summed E-state index contributed by atoms with van der Waals surface area (Å²) in [6.07, 6.45) is 0. The number of hydrogen-bond donors (Lipinski definition) is 4. The number of rotatable bonds is 3. The van der Waals surface area contributed by atoms with Crippen LogP contribution in [0.15, 0.2) is 58.9 Å². The number of thiazole rings is 1. The third kappa shape index (κ3) is 4.58. The molecule has 7 nitrogen and oxygen atoms in total. The van der Waals surface area contributed by atoms with E-state index >= 15 is 0 Å². The number of carbonyl (C=O) groups excluding carboxylic acids is 1. The van der Waals surface area contributed by atoms with E-state index in [4.69, 9.17) is 11.5 Å². The lowest BCUT2D eigenvalue weighted by atomic mass is 10.1. The molecule has 2 aromatic carbocycles. The number of aryl methyl sites for hydroxylation is 1. The molecule has 0 unspecified atom stereocenters. The number of hydrogen-bond acceptors (Lipinski definition) is 5. The van der Waals surface area contributed by atoms with Gasteiger partial charge in [-0.2, -0.15) is 4.99 Å². The normalized spacial score (nSPS) is 11.2. The Kier molecular flexibility index (Phi) is 5.14. The Morgan fingerprint density at radius 1 is 1.19 bits per heavy atom. The van der Waals surface area contributed by atoms with Gasteiger partial charge in [0.25, 0.3) is 0 Å². The van der Waals surface area contributed by atoms with Gasteiger partial charge in [0.15, 0.2) is 0 Å². The van der Waals surface area contributed by atoms with Gasteiger partial charge >= 0.3 is 6.03 Å². The number of nitrogens with one attached hydrogen (secondary N) is 2. The van der Waals surface area contributed by atoms with Crippen molar-refractivity contribution >= 4 is 39.8 Å². The van der Waals surface area contributed by atoms with Crippen molar-refractivity contribution in [2.24, 2.45) is 10.7 Å². The van der Waals surface area contributed by atoms with E-state index in [-0.39, 0.29) is 5.96 Å². The second kappa shape index (κ2) is 7.66. The van der Waals surface area contributed by atoms with Gasteiger partial charge < -0.3 is 16.8 Å². The second-order valence-electron chi connectivity index (χ2n) is 5.59. The smallest absolute Gasteiger partial charge is 0.325 e. The van der Waals surface area contributed by atoms with Gasteiger partial charge in [-0.25, -0.2) is 9.78 Å². The SMILES string of the molecule is Cc1cccc(NC(=O)N/C(N)=N/c2nc(-c3cccc(N)c3)cs2)c1. The lowest BCUT2D eigenvalue weighted by molar-refractivity contribution is 0.256. The molecule has 0 radical (unpaired) electrons. The van der Waals surface area contributed by atoms with E-state index in [9.17, 15) is 4.79 Å². The lowest BCUT2D eigenvalue weighted by Crippen LogP contribution is -2.39. The zero-order valence-corrected chi connectivity index (χ0v) is 14.9. The molecule has 1 aromatic heterocycles. The third-order valence-corrected chi connectivity index (χ3v) is 4.14. The second-order valence-corrected chi connectivity index (χ2v) is 6.42. The minimum atomic E-state index is -0.468. The van der Waals surface area contributed by atoms with E-state index in [0.29, 0.717) is 16.5 Å². The molecule has 0 aliphatic carbocycles. The van der Waals surface area contributed by atoms with Crippen molar-refractivity contribution in [2.75, 3.05) is 11.1 Å². The van der Waals surface area contributed by atoms with Gasteiger partial charge in [0.05, 0.1) is 5.69 Å². The Morgan fingerprint density at radius 2 is 2.00 bits per heavy atom. The maximum absolute atomic E-state index is 12.0. The Balaban J connectivity index is 1.65. The number of urea groups is 1. The van der Waals surface area contributed by atoms with E-state index in [1.807, 2.05) is 54.8 Å². The number of guanidine groups is 1. The summed E-state index contributed by atoms with van der Waals surface area (Å²) in [5.74, 6) is -0.0383. The standard InChI is InChI=1S/C18H18N6OS/c1-11-4-2-7-14(8-11)21-17(25)23-16(20)24-18-22-15(10-26-18)12-5-3-6-13(19)9-12/h2-10H,19H2,1H3,(H4,20,21,22,23,24,25). The summed E-state index contributed by atoms with van der Waals surface area (Å²) in [5, 5.41) is 7.47. The van der Waals surface area contributed by atoms with Gasteiger partial charge in [-0.1, -0.05) is 24.3 Å². The first-order valence-electron chi connectivity index (χ1n) is 7.80. The molecule has 3 aromatic rings. The summed E-state index contributed by atoms with van der Waals surface area (Å²) < 4.78 is 0. The molecule has 0 fully saturated rings. The monoisotopic (exact) mass is 366 g/mol. The van der Waals surface area contributed by atoms with E-state index in [1.54, 1.807) is 6.07 Å². The molecule has 1 heterocycles. The maximum atomic E-state index is 12.0. The quantitative estimate of drug-likeness (QED) is 0.322. The zero-order chi connectivity index (χ0) is 18.5. The minimum Gasteiger partial charge on any atom is -0.399 e. The molecule has 0 atom stereocenters. The van der Waals surface area contributed by atoms with Crippen LogP contribution in [0.5, 0.6) is 0 Å². The van der Waals surface area contributed by atoms with Gasteiger partial charge in [0, 0.05) is 22.3 Å². The van der Waals surface area contributed by atoms with E-state index in [2.05, 4.69) is 20.6 Å². The molecule has 0 saturated heterocycles. The van der Waals surface area contributed by atoms with Crippen LogP contribution in [0.3, 0.4) is 0 Å². The van der Waals surface area contributed by atoms with Crippen molar-refractivity contribution in [3.8, 4) is 11.3 Å². The average molecular weight is 366 g/mol. The minimum absolute atomic E-state index is 0.0383. The first-order chi connectivity index (χ1) is 12.5. The molecule has 6 N–H and O–H groups in total. The van der Waals surface area contributed by atoms with Crippen LogP contribution in [0.4, 0.5) is 21.3 Å². The van der Waals surface area contributed by atoms with Crippen LogP contribution in [-0.4, -0.2) is 17.0 Å². The van der Waals surface area contributed by atoms with Gasteiger partial charge in [0.1, 0.15) is 0 Å². The van der Waals surface area contributed by atoms with Crippen molar-refractivity contribution < 1.29 is 4.79 Å². The fraction of sp³-hybridized carbons (Fsp3) is 0.0556. The number of anilines is 2. The molecule has 0 aliphatic heterocycles. The van der Waals surface area contributed by atoms with Crippen LogP contribution >= 0.6 is 11.3 Å². The maximum Gasteiger partial charge on any atom is 0.325 e. The topological polar surface area (TPSA) is 118 Å². The molecule has 0 bridgehead atoms. The summed E-state index contributed by atoms with van der Waals surface area (Å²) in [5.41, 5.74) is 15.6. The number of carbonyl (C=O) groups is 1. The van der Waals surface area contributed by atoms with Gasteiger partial charge in [-0.15, -0.1) is 11.3 Å². The average Bonchev–Trinajstić information content (AvgIpc) is 3.03. The molecule has 0 saturated carbocycles. The number of nitrogens with zero attached hydrogens (tertiary/aromatic N) is 2. The van der Waals surface area contributed by atoms with Crippen LogP contribution < -0.4 is 22.1 Å². The predicted molar refractivity (Wildman–Crippen MR) is 107 cm³/mol. The Hall–Kier alpha value is -3.39. The summed E-state index contributed by atoms with van der Waals surface area (Å²) in [6, 6.07) is 14.4. The van der Waals surface area contributed by atoms with Crippen LogP contribution in [0.25, 0.3) is 11.3 Å². The highest BCUT2D eigenvalue weighted by molar-refractivity contribution is 7.13. The first kappa shape index (κ1) is 17.4. The highest BCUT2D eigenvalue weighted by Crippen LogP contribution is 2.27. The summed E-state index contributed by atoms with van der Waals surface area (Å²) in [7, 11) is 0. The van der Waals surface area contributed by atoms with Gasteiger partial charge in [-0.3, -0.25) is 5.32 Å². The predicted octanol–water partition coefficient (Wildman–Crippen LogP) is 3.47. The molecule has 26 heavy (non-hydrogen) atoms. The molecular formula is C18H18N6OS. The number of aliphatic imine (C=N–C) groups is 1. The summed E-state index contributed by atoms with van der Waals surface area (Å²) >= 11 is 1.32. The van der Waals surface area contributed by atoms with E-state index in [1.165, 1.54) is 11.3 Å². The van der Waals surface area contributed by atoms with Crippen LogP contribution in [0.1, 0.15) is 5.56 Å². The van der Waals surface area contributed by atoms with Crippen LogP contribution in [0.2, 0.25) is 0 Å². The number of benzene rings is 2. The summed E-state index contributed by atoms with van der Waals surface area (Å²) in [6.45, 7) is 1.94. The fourth-order valence-electron chi connectivity index (χ4n) is 2.28. The largest absolute Gasteiger partial charge is 0.399 e. The summed E-state index contributed by atoms with van der Waals surface area (Å²) in [4.78, 5) is 20.5. The van der Waals surface area contributed by atoms with Crippen molar-refractivity contribution in [1.29, 1.82) is 0 Å². The Bertz CT molecular complexity index is 966. The molecular weight excluding hydrogens is 348 g/mol. The number of amides is 2. The number of nitrogen functional groups attached to an aromatic ring is 1. The van der Waals surface area contributed by atoms with Crippen molar-refractivity contribution in [3.63, 3.8) is 0 Å². The fourth-order valence-corrected chi connectivity index (χ4v) is 2.99. The molecule has 0 spiro atoms. The van der Waals surface area contributed by atoms with Crippen LogP contribution in [-0.2, 0) is 0 Å². The van der Waals surface area contributed by atoms with Crippen molar-refractivity contribution in [3.05, 3.63) is 59.5 Å². The van der Waals surface area contributed by atoms with Crippen molar-refractivity contribution in [2.45, 2.75) is 6.92 Å². The van der Waals surface area contributed by atoms with Gasteiger partial charge in [0.2, 0.25) is 11.1 Å². The molecule has 8 heteroatoms. The lowest BCUT2D eigenvalue weighted by Gasteiger charge is -2.07. The van der Waals surface area contributed by atoms with E-state index < -0.39 is 6.03 Å².